The number of nitrogens with zero attached hydrogens (tertiary/aromatic N) is 3. The van der Waals surface area contributed by atoms with Gasteiger partial charge in [-0.3, -0.25) is 4.90 Å². The van der Waals surface area contributed by atoms with Gasteiger partial charge in [0.1, 0.15) is 13.2 Å². The van der Waals surface area contributed by atoms with E-state index in [-0.39, 0.29) is 13.2 Å². The van der Waals surface area contributed by atoms with E-state index in [1.165, 1.54) is 12.0 Å². The molecule has 0 aliphatic carbocycles. The first-order chi connectivity index (χ1) is 12.6. The van der Waals surface area contributed by atoms with Gasteiger partial charge < -0.3 is 9.57 Å². The van der Waals surface area contributed by atoms with E-state index in [4.69, 9.17) is 14.8 Å². The third-order valence-corrected chi connectivity index (χ3v) is 4.12. The molecule has 26 heavy (non-hydrogen) atoms. The minimum absolute atomic E-state index is 0.120. The zero-order valence-electron chi connectivity index (χ0n) is 14.5. The smallest absolute Gasteiger partial charge is 0.414 e. The predicted molar refractivity (Wildman–Crippen MR) is 103 cm³/mol. The van der Waals surface area contributed by atoms with Crippen LogP contribution in [0.2, 0.25) is 0 Å². The summed E-state index contributed by atoms with van der Waals surface area (Å²) in [5, 5.41) is 13.1. The van der Waals surface area contributed by atoms with Crippen LogP contribution in [-0.2, 0) is 16.2 Å². The molecule has 0 bridgehead atoms. The number of ether oxygens (including phenoxy) is 1. The van der Waals surface area contributed by atoms with Gasteiger partial charge in [-0.15, -0.1) is 0 Å². The molecule has 2 aromatic rings. The SMILES string of the molecule is COC(=O)N(CC#N)c1ccccc1CON=C(C)c1ccc(Br)cc1. The Morgan fingerprint density at radius 2 is 1.92 bits per heavy atom. The molecule has 134 valence electrons. The predicted octanol–water partition coefficient (Wildman–Crippen LogP) is 4.49. The maximum Gasteiger partial charge on any atom is 0.414 e. The molecule has 0 radical (unpaired) electrons. The third kappa shape index (κ3) is 5.07. The van der Waals surface area contributed by atoms with Crippen LogP contribution < -0.4 is 4.90 Å². The quantitative estimate of drug-likeness (QED) is 0.395. The van der Waals surface area contributed by atoms with Gasteiger partial charge >= 0.3 is 6.09 Å². The number of para-hydroxylation sites is 1. The summed E-state index contributed by atoms with van der Waals surface area (Å²) in [6.07, 6.45) is -0.603. The molecular weight excluding hydrogens is 398 g/mol. The van der Waals surface area contributed by atoms with E-state index in [1.54, 1.807) is 12.1 Å². The molecule has 2 aromatic carbocycles. The number of carbonyl (C=O) groups is 1. The van der Waals surface area contributed by atoms with Crippen LogP contribution in [0.1, 0.15) is 18.1 Å². The number of rotatable bonds is 6. The first-order valence-corrected chi connectivity index (χ1v) is 8.59. The monoisotopic (exact) mass is 415 g/mol. The van der Waals surface area contributed by atoms with Crippen molar-refractivity contribution in [2.75, 3.05) is 18.6 Å². The molecule has 0 spiro atoms. The number of nitriles is 1. The maximum atomic E-state index is 11.9. The Morgan fingerprint density at radius 3 is 2.58 bits per heavy atom. The molecule has 6 nitrogen and oxygen atoms in total. The van der Waals surface area contributed by atoms with Gasteiger partial charge in [0.05, 0.1) is 24.6 Å². The molecule has 0 aliphatic heterocycles. The lowest BCUT2D eigenvalue weighted by Crippen LogP contribution is -2.31. The summed E-state index contributed by atoms with van der Waals surface area (Å²) < 4.78 is 5.74. The number of oxime groups is 1. The molecule has 0 heterocycles. The molecule has 1 amide bonds. The number of hydrogen-bond donors (Lipinski definition) is 0. The fraction of sp³-hybridized carbons (Fsp3) is 0.211. The van der Waals surface area contributed by atoms with Gasteiger partial charge in [0.15, 0.2) is 0 Å². The zero-order valence-corrected chi connectivity index (χ0v) is 16.1. The second-order valence-corrected chi connectivity index (χ2v) is 6.22. The lowest BCUT2D eigenvalue weighted by atomic mass is 10.1. The number of methoxy groups -OCH3 is 1. The number of halogens is 1. The fourth-order valence-electron chi connectivity index (χ4n) is 2.27. The fourth-order valence-corrected chi connectivity index (χ4v) is 2.53. The van der Waals surface area contributed by atoms with Gasteiger partial charge in [-0.05, 0) is 30.7 Å². The van der Waals surface area contributed by atoms with E-state index in [0.29, 0.717) is 5.69 Å². The van der Waals surface area contributed by atoms with Crippen LogP contribution in [-0.4, -0.2) is 25.5 Å². The Morgan fingerprint density at radius 1 is 1.23 bits per heavy atom. The first kappa shape index (κ1) is 19.5. The molecule has 0 aromatic heterocycles. The van der Waals surface area contributed by atoms with Crippen LogP contribution in [0, 0.1) is 11.3 Å². The molecular formula is C19H18BrN3O3. The average molecular weight is 416 g/mol. The number of anilines is 1. The molecule has 0 saturated carbocycles. The van der Waals surface area contributed by atoms with Crippen LogP contribution >= 0.6 is 15.9 Å². The second kappa shape index (κ2) is 9.59. The Labute approximate surface area is 160 Å². The van der Waals surface area contributed by atoms with E-state index >= 15 is 0 Å². The van der Waals surface area contributed by atoms with Gasteiger partial charge in [0, 0.05) is 10.0 Å². The summed E-state index contributed by atoms with van der Waals surface area (Å²) in [6, 6.07) is 16.9. The van der Waals surface area contributed by atoms with Gasteiger partial charge in [-0.1, -0.05) is 51.4 Å². The molecule has 0 saturated heterocycles. The Bertz CT molecular complexity index is 829. The highest BCUT2D eigenvalue weighted by Gasteiger charge is 2.19. The van der Waals surface area contributed by atoms with Crippen molar-refractivity contribution in [1.82, 2.24) is 0 Å². The molecule has 7 heteroatoms. The third-order valence-electron chi connectivity index (χ3n) is 3.59. The lowest BCUT2D eigenvalue weighted by molar-refractivity contribution is 0.130. The largest absolute Gasteiger partial charge is 0.452 e. The van der Waals surface area contributed by atoms with Crippen LogP contribution in [0.25, 0.3) is 0 Å². The van der Waals surface area contributed by atoms with E-state index in [0.717, 1.165) is 21.3 Å². The van der Waals surface area contributed by atoms with Gasteiger partial charge in [0.25, 0.3) is 0 Å². The highest BCUT2D eigenvalue weighted by atomic mass is 79.9. The number of amides is 1. The second-order valence-electron chi connectivity index (χ2n) is 5.30. The molecule has 0 unspecified atom stereocenters. The summed E-state index contributed by atoms with van der Waals surface area (Å²) in [5.41, 5.74) is 2.96. The summed E-state index contributed by atoms with van der Waals surface area (Å²) in [4.78, 5) is 18.6. The zero-order chi connectivity index (χ0) is 18.9. The minimum Gasteiger partial charge on any atom is -0.452 e. The average Bonchev–Trinajstić information content (AvgIpc) is 2.66. The summed E-state index contributed by atoms with van der Waals surface area (Å²) in [6.45, 7) is 1.89. The van der Waals surface area contributed by atoms with Crippen LogP contribution in [0.5, 0.6) is 0 Å². The Hall–Kier alpha value is -2.85. The van der Waals surface area contributed by atoms with Crippen molar-refractivity contribution in [3.05, 3.63) is 64.1 Å². The van der Waals surface area contributed by atoms with Crippen molar-refractivity contribution in [1.29, 1.82) is 5.26 Å². The number of hydrogen-bond acceptors (Lipinski definition) is 5. The van der Waals surface area contributed by atoms with Crippen LogP contribution in [0.4, 0.5) is 10.5 Å². The van der Waals surface area contributed by atoms with Crippen molar-refractivity contribution in [3.8, 4) is 6.07 Å². The van der Waals surface area contributed by atoms with Gasteiger partial charge in [-0.25, -0.2) is 4.79 Å². The topological polar surface area (TPSA) is 74.9 Å². The molecule has 0 fully saturated rings. The van der Waals surface area contributed by atoms with Crippen molar-refractivity contribution in [2.24, 2.45) is 5.16 Å². The van der Waals surface area contributed by atoms with Crippen LogP contribution in [0.15, 0.2) is 58.2 Å². The molecule has 0 atom stereocenters. The van der Waals surface area contributed by atoms with E-state index < -0.39 is 6.09 Å². The number of benzene rings is 2. The van der Waals surface area contributed by atoms with Crippen molar-refractivity contribution in [3.63, 3.8) is 0 Å². The molecule has 2 rings (SSSR count). The van der Waals surface area contributed by atoms with Gasteiger partial charge in [0.2, 0.25) is 0 Å². The Kier molecular flexibility index (Phi) is 7.18. The van der Waals surface area contributed by atoms with Gasteiger partial charge in [-0.2, -0.15) is 5.26 Å². The summed E-state index contributed by atoms with van der Waals surface area (Å²) in [7, 11) is 1.28. The van der Waals surface area contributed by atoms with Crippen molar-refractivity contribution < 1.29 is 14.4 Å². The van der Waals surface area contributed by atoms with E-state index in [1.807, 2.05) is 49.4 Å². The van der Waals surface area contributed by atoms with E-state index in [2.05, 4.69) is 21.1 Å². The minimum atomic E-state index is -0.603. The molecule has 0 aliphatic rings. The van der Waals surface area contributed by atoms with Crippen molar-refractivity contribution >= 4 is 33.4 Å². The maximum absolute atomic E-state index is 11.9. The van der Waals surface area contributed by atoms with Crippen molar-refractivity contribution in [2.45, 2.75) is 13.5 Å². The lowest BCUT2D eigenvalue weighted by Gasteiger charge is -2.20. The summed E-state index contributed by atoms with van der Waals surface area (Å²) >= 11 is 3.39. The highest BCUT2D eigenvalue weighted by Crippen LogP contribution is 2.22. The van der Waals surface area contributed by atoms with Crippen LogP contribution in [0.3, 0.4) is 0 Å². The highest BCUT2D eigenvalue weighted by molar-refractivity contribution is 9.10. The summed E-state index contributed by atoms with van der Waals surface area (Å²) in [5.74, 6) is 0. The molecule has 0 N–H and O–H groups in total. The number of carbonyl (C=O) groups excluding carboxylic acids is 1. The Balaban J connectivity index is 2.15. The first-order valence-electron chi connectivity index (χ1n) is 7.79. The standard InChI is InChI=1S/C19H18BrN3O3/c1-14(15-7-9-17(20)10-8-15)22-26-13-16-5-3-4-6-18(16)23(12-11-21)19(24)25-2/h3-10H,12-13H2,1-2H3. The van der Waals surface area contributed by atoms with E-state index in [9.17, 15) is 4.79 Å². The normalized spacial score (nSPS) is 10.8.